The number of aliphatic carboxylic acids is 1. The van der Waals surface area contributed by atoms with E-state index in [1.807, 2.05) is 0 Å². The van der Waals surface area contributed by atoms with E-state index in [0.717, 1.165) is 5.57 Å². The van der Waals surface area contributed by atoms with E-state index in [2.05, 4.69) is 6.58 Å². The van der Waals surface area contributed by atoms with Gasteiger partial charge in [-0.25, -0.2) is 0 Å². The molecule has 0 aromatic rings. The molecule has 0 aromatic heterocycles. The minimum atomic E-state index is -0.782. The van der Waals surface area contributed by atoms with Crippen LogP contribution in [0.25, 0.3) is 0 Å². The monoisotopic (exact) mass is 156 g/mol. The lowest BCUT2D eigenvalue weighted by molar-refractivity contribution is -0.142. The number of carboxylic acids is 1. The molecule has 0 spiro atoms. The van der Waals surface area contributed by atoms with Crippen LogP contribution in [0.4, 0.5) is 0 Å². The van der Waals surface area contributed by atoms with E-state index in [0.29, 0.717) is 13.0 Å². The second kappa shape index (κ2) is 3.05. The van der Waals surface area contributed by atoms with E-state index < -0.39 is 5.97 Å². The molecule has 0 amide bonds. The summed E-state index contributed by atoms with van der Waals surface area (Å²) in [7, 11) is 0. The molecular formula is C8H12O3. The fraction of sp³-hybridized carbons (Fsp3) is 0.625. The van der Waals surface area contributed by atoms with Gasteiger partial charge in [0.25, 0.3) is 0 Å². The molecule has 0 bridgehead atoms. The molecule has 1 saturated heterocycles. The van der Waals surface area contributed by atoms with Gasteiger partial charge >= 0.3 is 5.97 Å². The van der Waals surface area contributed by atoms with Crippen molar-refractivity contribution in [3.05, 3.63) is 12.2 Å². The highest BCUT2D eigenvalue weighted by molar-refractivity contribution is 5.71. The van der Waals surface area contributed by atoms with Gasteiger partial charge in [0, 0.05) is 6.61 Å². The first-order valence-electron chi connectivity index (χ1n) is 3.62. The molecule has 3 heteroatoms. The van der Waals surface area contributed by atoms with Crippen molar-refractivity contribution in [2.75, 3.05) is 6.61 Å². The van der Waals surface area contributed by atoms with Crippen LogP contribution in [0.3, 0.4) is 0 Å². The lowest BCUT2D eigenvalue weighted by atomic mass is 9.97. The first-order chi connectivity index (χ1) is 5.13. The first-order valence-corrected chi connectivity index (χ1v) is 3.62. The summed E-state index contributed by atoms with van der Waals surface area (Å²) in [6.45, 7) is 6.02. The van der Waals surface area contributed by atoms with E-state index in [1.165, 1.54) is 0 Å². The Morgan fingerprint density at radius 1 is 1.73 bits per heavy atom. The molecule has 0 aliphatic carbocycles. The van der Waals surface area contributed by atoms with Crippen molar-refractivity contribution in [2.24, 2.45) is 5.92 Å². The Kier molecular flexibility index (Phi) is 2.29. The van der Waals surface area contributed by atoms with Crippen LogP contribution in [0.5, 0.6) is 0 Å². The van der Waals surface area contributed by atoms with Gasteiger partial charge in [-0.1, -0.05) is 12.2 Å². The SMILES string of the molecule is C=C(C)[C@H]1OCC[C@H]1C(=O)O. The summed E-state index contributed by atoms with van der Waals surface area (Å²) in [5.74, 6) is -1.16. The Hall–Kier alpha value is -0.830. The fourth-order valence-corrected chi connectivity index (χ4v) is 1.33. The van der Waals surface area contributed by atoms with Crippen molar-refractivity contribution >= 4 is 5.97 Å². The van der Waals surface area contributed by atoms with Crippen molar-refractivity contribution < 1.29 is 14.6 Å². The molecule has 1 aliphatic heterocycles. The third-order valence-corrected chi connectivity index (χ3v) is 1.89. The van der Waals surface area contributed by atoms with Crippen LogP contribution in [0.15, 0.2) is 12.2 Å². The lowest BCUT2D eigenvalue weighted by Crippen LogP contribution is -2.24. The van der Waals surface area contributed by atoms with Crippen LogP contribution < -0.4 is 0 Å². The zero-order valence-corrected chi connectivity index (χ0v) is 6.54. The lowest BCUT2D eigenvalue weighted by Gasteiger charge is -2.13. The van der Waals surface area contributed by atoms with Crippen LogP contribution >= 0.6 is 0 Å². The molecule has 1 fully saturated rings. The molecule has 62 valence electrons. The number of hydrogen-bond donors (Lipinski definition) is 1. The summed E-state index contributed by atoms with van der Waals surface area (Å²) in [6.07, 6.45) is 0.333. The largest absolute Gasteiger partial charge is 0.481 e. The smallest absolute Gasteiger partial charge is 0.309 e. The Labute approximate surface area is 65.7 Å². The summed E-state index contributed by atoms with van der Waals surface area (Å²) in [5, 5.41) is 8.71. The van der Waals surface area contributed by atoms with Crippen molar-refractivity contribution in [1.82, 2.24) is 0 Å². The highest BCUT2D eigenvalue weighted by Gasteiger charge is 2.34. The van der Waals surface area contributed by atoms with Crippen LogP contribution in [-0.4, -0.2) is 23.8 Å². The van der Waals surface area contributed by atoms with E-state index in [1.54, 1.807) is 6.92 Å². The van der Waals surface area contributed by atoms with Crippen LogP contribution in [-0.2, 0) is 9.53 Å². The van der Waals surface area contributed by atoms with E-state index in [4.69, 9.17) is 9.84 Å². The molecule has 1 N–H and O–H groups in total. The minimum absolute atomic E-state index is 0.271. The summed E-state index contributed by atoms with van der Waals surface area (Å²) in [5.41, 5.74) is 0.801. The molecule has 1 heterocycles. The Balaban J connectivity index is 2.65. The maximum Gasteiger partial charge on any atom is 0.309 e. The van der Waals surface area contributed by atoms with Crippen molar-refractivity contribution in [1.29, 1.82) is 0 Å². The molecule has 1 aliphatic rings. The third-order valence-electron chi connectivity index (χ3n) is 1.89. The Morgan fingerprint density at radius 2 is 2.36 bits per heavy atom. The molecule has 1 rings (SSSR count). The summed E-state index contributed by atoms with van der Waals surface area (Å²) in [6, 6.07) is 0. The molecular weight excluding hydrogens is 144 g/mol. The second-order valence-electron chi connectivity index (χ2n) is 2.87. The Bertz CT molecular complexity index is 166. The van der Waals surface area contributed by atoms with Crippen LogP contribution in [0.1, 0.15) is 13.3 Å². The second-order valence-corrected chi connectivity index (χ2v) is 2.87. The van der Waals surface area contributed by atoms with Gasteiger partial charge < -0.3 is 9.84 Å². The normalized spacial score (nSPS) is 30.3. The van der Waals surface area contributed by atoms with Gasteiger partial charge in [-0.3, -0.25) is 4.79 Å². The van der Waals surface area contributed by atoms with E-state index >= 15 is 0 Å². The molecule has 0 aromatic carbocycles. The van der Waals surface area contributed by atoms with Gasteiger partial charge in [0.05, 0.1) is 12.0 Å². The van der Waals surface area contributed by atoms with Gasteiger partial charge in [-0.2, -0.15) is 0 Å². The first kappa shape index (κ1) is 8.27. The fourth-order valence-electron chi connectivity index (χ4n) is 1.33. The van der Waals surface area contributed by atoms with E-state index in [-0.39, 0.29) is 12.0 Å². The molecule has 0 radical (unpaired) electrons. The molecule has 11 heavy (non-hydrogen) atoms. The van der Waals surface area contributed by atoms with Crippen molar-refractivity contribution in [3.8, 4) is 0 Å². The van der Waals surface area contributed by atoms with Crippen molar-refractivity contribution in [2.45, 2.75) is 19.4 Å². The highest BCUT2D eigenvalue weighted by atomic mass is 16.5. The quantitative estimate of drug-likeness (QED) is 0.608. The van der Waals surface area contributed by atoms with Crippen LogP contribution in [0.2, 0.25) is 0 Å². The average molecular weight is 156 g/mol. The topological polar surface area (TPSA) is 46.5 Å². The van der Waals surface area contributed by atoms with E-state index in [9.17, 15) is 4.79 Å². The number of hydrogen-bond acceptors (Lipinski definition) is 2. The van der Waals surface area contributed by atoms with Gasteiger partial charge in [0.15, 0.2) is 0 Å². The zero-order chi connectivity index (χ0) is 8.43. The third kappa shape index (κ3) is 1.60. The minimum Gasteiger partial charge on any atom is -0.481 e. The molecule has 2 atom stereocenters. The highest BCUT2D eigenvalue weighted by Crippen LogP contribution is 2.25. The summed E-state index contributed by atoms with van der Waals surface area (Å²) in [4.78, 5) is 10.6. The number of ether oxygens (including phenoxy) is 1. The summed E-state index contributed by atoms with van der Waals surface area (Å²) >= 11 is 0. The van der Waals surface area contributed by atoms with Gasteiger partial charge in [-0.15, -0.1) is 0 Å². The standard InChI is InChI=1S/C8H12O3/c1-5(2)7-6(8(9)10)3-4-11-7/h6-7H,1,3-4H2,2H3,(H,9,10)/t6-,7-/m1/s1. The van der Waals surface area contributed by atoms with Gasteiger partial charge in [-0.05, 0) is 13.3 Å². The maximum atomic E-state index is 10.6. The predicted molar refractivity (Wildman–Crippen MR) is 40.3 cm³/mol. The average Bonchev–Trinajstić information content (AvgIpc) is 2.32. The Morgan fingerprint density at radius 3 is 2.73 bits per heavy atom. The summed E-state index contributed by atoms with van der Waals surface area (Å²) < 4.78 is 5.21. The number of carboxylic acid groups (broad SMARTS) is 1. The number of rotatable bonds is 2. The number of carbonyl (C=O) groups is 1. The van der Waals surface area contributed by atoms with Gasteiger partial charge in [0.1, 0.15) is 0 Å². The van der Waals surface area contributed by atoms with Gasteiger partial charge in [0.2, 0.25) is 0 Å². The molecule has 3 nitrogen and oxygen atoms in total. The predicted octanol–water partition coefficient (Wildman–Crippen LogP) is 1.05. The molecule has 0 saturated carbocycles. The maximum absolute atomic E-state index is 10.6. The van der Waals surface area contributed by atoms with Crippen molar-refractivity contribution in [3.63, 3.8) is 0 Å². The molecule has 0 unspecified atom stereocenters. The van der Waals surface area contributed by atoms with Crippen LogP contribution in [0, 0.1) is 5.92 Å². The zero-order valence-electron chi connectivity index (χ0n) is 6.54.